The van der Waals surface area contributed by atoms with E-state index in [-0.39, 0.29) is 5.56 Å². The van der Waals surface area contributed by atoms with Crippen molar-refractivity contribution in [3.05, 3.63) is 51.8 Å². The van der Waals surface area contributed by atoms with E-state index in [1.807, 2.05) is 24.4 Å². The molecule has 0 amide bonds. The average Bonchev–Trinajstić information content (AvgIpc) is 2.52. The van der Waals surface area contributed by atoms with Crippen molar-refractivity contribution in [3.63, 3.8) is 0 Å². The SMILES string of the molecule is Cc1ccsc1-n1ccccc1=O. The first kappa shape index (κ1) is 8.26. The van der Waals surface area contributed by atoms with Gasteiger partial charge in [-0.15, -0.1) is 11.3 Å². The molecule has 0 aliphatic heterocycles. The summed E-state index contributed by atoms with van der Waals surface area (Å²) in [5.41, 5.74) is 1.16. The van der Waals surface area contributed by atoms with E-state index in [4.69, 9.17) is 0 Å². The van der Waals surface area contributed by atoms with E-state index >= 15 is 0 Å². The maximum absolute atomic E-state index is 11.4. The van der Waals surface area contributed by atoms with E-state index in [1.165, 1.54) is 0 Å². The highest BCUT2D eigenvalue weighted by molar-refractivity contribution is 7.12. The van der Waals surface area contributed by atoms with E-state index in [1.54, 1.807) is 34.2 Å². The molecule has 3 heteroatoms. The summed E-state index contributed by atoms with van der Waals surface area (Å²) in [5.74, 6) is 0. The Kier molecular flexibility index (Phi) is 2.02. The third kappa shape index (κ3) is 1.42. The van der Waals surface area contributed by atoms with E-state index in [2.05, 4.69) is 0 Å². The number of pyridine rings is 1. The number of hydrogen-bond donors (Lipinski definition) is 0. The average molecular weight is 191 g/mol. The Balaban J connectivity index is 2.66. The van der Waals surface area contributed by atoms with Crippen LogP contribution in [0, 0.1) is 6.92 Å². The Morgan fingerprint density at radius 1 is 1.31 bits per heavy atom. The lowest BCUT2D eigenvalue weighted by atomic mass is 10.3. The number of nitrogens with zero attached hydrogens (tertiary/aromatic N) is 1. The van der Waals surface area contributed by atoms with Crippen LogP contribution < -0.4 is 5.56 Å². The Morgan fingerprint density at radius 2 is 2.15 bits per heavy atom. The van der Waals surface area contributed by atoms with Crippen LogP contribution in [0.5, 0.6) is 0 Å². The molecule has 0 radical (unpaired) electrons. The molecule has 0 N–H and O–H groups in total. The lowest BCUT2D eigenvalue weighted by Crippen LogP contribution is -2.14. The molecule has 0 saturated heterocycles. The van der Waals surface area contributed by atoms with Crippen LogP contribution in [0.1, 0.15) is 5.56 Å². The number of thiophene rings is 1. The smallest absolute Gasteiger partial charge is 0.255 e. The highest BCUT2D eigenvalue weighted by atomic mass is 32.1. The fourth-order valence-electron chi connectivity index (χ4n) is 1.21. The summed E-state index contributed by atoms with van der Waals surface area (Å²) < 4.78 is 1.67. The van der Waals surface area contributed by atoms with Crippen molar-refractivity contribution in [2.75, 3.05) is 0 Å². The third-order valence-corrected chi connectivity index (χ3v) is 2.89. The Morgan fingerprint density at radius 3 is 2.77 bits per heavy atom. The first-order valence-electron chi connectivity index (χ1n) is 4.01. The van der Waals surface area contributed by atoms with Gasteiger partial charge in [0.15, 0.2) is 0 Å². The Bertz CT molecular complexity index is 470. The van der Waals surface area contributed by atoms with Gasteiger partial charge in [0.2, 0.25) is 0 Å². The van der Waals surface area contributed by atoms with E-state index in [0.717, 1.165) is 10.6 Å². The van der Waals surface area contributed by atoms with Gasteiger partial charge in [-0.1, -0.05) is 6.07 Å². The minimum Gasteiger partial charge on any atom is -0.275 e. The van der Waals surface area contributed by atoms with Crippen molar-refractivity contribution in [2.24, 2.45) is 0 Å². The van der Waals surface area contributed by atoms with Gasteiger partial charge in [0.25, 0.3) is 5.56 Å². The molecule has 0 aromatic carbocycles. The lowest BCUT2D eigenvalue weighted by Gasteiger charge is -2.01. The van der Waals surface area contributed by atoms with E-state index in [0.29, 0.717) is 0 Å². The van der Waals surface area contributed by atoms with Gasteiger partial charge in [0, 0.05) is 12.3 Å². The van der Waals surface area contributed by atoms with Crippen molar-refractivity contribution >= 4 is 11.3 Å². The van der Waals surface area contributed by atoms with Gasteiger partial charge in [-0.3, -0.25) is 9.36 Å². The van der Waals surface area contributed by atoms with Gasteiger partial charge >= 0.3 is 0 Å². The molecule has 0 spiro atoms. The molecule has 0 aliphatic rings. The minimum atomic E-state index is 0.0213. The van der Waals surface area contributed by atoms with Crippen LogP contribution in [-0.2, 0) is 0 Å². The number of rotatable bonds is 1. The van der Waals surface area contributed by atoms with Gasteiger partial charge < -0.3 is 0 Å². The molecule has 0 aliphatic carbocycles. The quantitative estimate of drug-likeness (QED) is 0.677. The molecule has 66 valence electrons. The summed E-state index contributed by atoms with van der Waals surface area (Å²) >= 11 is 1.58. The third-order valence-electron chi connectivity index (χ3n) is 1.88. The number of aryl methyl sites for hydroxylation is 1. The normalized spacial score (nSPS) is 10.2. The zero-order valence-corrected chi connectivity index (χ0v) is 8.04. The Labute approximate surface area is 80.1 Å². The van der Waals surface area contributed by atoms with Gasteiger partial charge in [-0.05, 0) is 30.0 Å². The molecule has 2 aromatic heterocycles. The first-order chi connectivity index (χ1) is 6.29. The van der Waals surface area contributed by atoms with Crippen molar-refractivity contribution in [2.45, 2.75) is 6.92 Å². The second-order valence-electron chi connectivity index (χ2n) is 2.82. The zero-order valence-electron chi connectivity index (χ0n) is 7.23. The molecule has 2 heterocycles. The predicted octanol–water partition coefficient (Wildman–Crippen LogP) is 2.21. The molecule has 2 rings (SSSR count). The molecule has 0 bridgehead atoms. The topological polar surface area (TPSA) is 22.0 Å². The maximum atomic E-state index is 11.4. The van der Waals surface area contributed by atoms with E-state index in [9.17, 15) is 4.79 Å². The number of aromatic nitrogens is 1. The minimum absolute atomic E-state index is 0.0213. The highest BCUT2D eigenvalue weighted by Crippen LogP contribution is 2.18. The van der Waals surface area contributed by atoms with Crippen LogP contribution in [-0.4, -0.2) is 4.57 Å². The zero-order chi connectivity index (χ0) is 9.26. The second-order valence-corrected chi connectivity index (χ2v) is 3.71. The van der Waals surface area contributed by atoms with Crippen molar-refractivity contribution in [1.29, 1.82) is 0 Å². The maximum Gasteiger partial charge on any atom is 0.255 e. The lowest BCUT2D eigenvalue weighted by molar-refractivity contribution is 1.00. The van der Waals surface area contributed by atoms with Crippen molar-refractivity contribution < 1.29 is 0 Å². The van der Waals surface area contributed by atoms with Gasteiger partial charge in [0.05, 0.1) is 0 Å². The van der Waals surface area contributed by atoms with Gasteiger partial charge in [0.1, 0.15) is 5.00 Å². The molecule has 2 aromatic rings. The molecule has 0 atom stereocenters. The summed E-state index contributed by atoms with van der Waals surface area (Å²) in [6.07, 6.45) is 1.79. The summed E-state index contributed by atoms with van der Waals surface area (Å²) in [6, 6.07) is 7.20. The van der Waals surface area contributed by atoms with Crippen LogP contribution >= 0.6 is 11.3 Å². The second kappa shape index (κ2) is 3.18. The molecule has 2 nitrogen and oxygen atoms in total. The molecule has 0 unspecified atom stereocenters. The molecular formula is C10H9NOS. The first-order valence-corrected chi connectivity index (χ1v) is 4.89. The van der Waals surface area contributed by atoms with Crippen LogP contribution in [0.2, 0.25) is 0 Å². The fourth-order valence-corrected chi connectivity index (χ4v) is 2.13. The highest BCUT2D eigenvalue weighted by Gasteiger charge is 2.02. The van der Waals surface area contributed by atoms with Crippen LogP contribution in [0.25, 0.3) is 5.00 Å². The Hall–Kier alpha value is -1.35. The van der Waals surface area contributed by atoms with E-state index < -0.39 is 0 Å². The summed E-state index contributed by atoms with van der Waals surface area (Å²) in [6.45, 7) is 2.01. The van der Waals surface area contributed by atoms with Crippen LogP contribution in [0.4, 0.5) is 0 Å². The van der Waals surface area contributed by atoms with Crippen molar-refractivity contribution in [1.82, 2.24) is 4.57 Å². The fraction of sp³-hybridized carbons (Fsp3) is 0.100. The van der Waals surface area contributed by atoms with Crippen LogP contribution in [0.15, 0.2) is 40.6 Å². The molecule has 0 fully saturated rings. The summed E-state index contributed by atoms with van der Waals surface area (Å²) in [4.78, 5) is 11.4. The molecular weight excluding hydrogens is 182 g/mol. The molecule has 13 heavy (non-hydrogen) atoms. The predicted molar refractivity (Wildman–Crippen MR) is 54.7 cm³/mol. The van der Waals surface area contributed by atoms with Crippen molar-refractivity contribution in [3.8, 4) is 5.00 Å². The van der Waals surface area contributed by atoms with Gasteiger partial charge in [-0.25, -0.2) is 0 Å². The van der Waals surface area contributed by atoms with Crippen LogP contribution in [0.3, 0.4) is 0 Å². The van der Waals surface area contributed by atoms with Gasteiger partial charge in [-0.2, -0.15) is 0 Å². The molecule has 0 saturated carbocycles. The summed E-state index contributed by atoms with van der Waals surface area (Å²) in [7, 11) is 0. The monoisotopic (exact) mass is 191 g/mol. The summed E-state index contributed by atoms with van der Waals surface area (Å²) in [5, 5.41) is 3.00. The number of hydrogen-bond acceptors (Lipinski definition) is 2. The largest absolute Gasteiger partial charge is 0.275 e. The standard InChI is InChI=1S/C10H9NOS/c1-8-5-7-13-10(8)11-6-3-2-4-9(11)12/h2-7H,1H3.